The molecule has 0 aliphatic rings. The lowest BCUT2D eigenvalue weighted by molar-refractivity contribution is -0.116. The molecule has 0 bridgehead atoms. The first kappa shape index (κ1) is 22.3. The molecule has 2 rings (SSSR count). The van der Waals surface area contributed by atoms with Gasteiger partial charge in [0.2, 0.25) is 15.9 Å². The molecule has 29 heavy (non-hydrogen) atoms. The standard InChI is InChI=1S/C19H20F2N2O5S/c1-4-28-19(25)13-6-5-7-14(10-13)22-18(24)12(2)23(29(3,26)27)15-8-9-16(20)17(21)11-15/h5-12H,4H2,1-3H3,(H,22,24). The Hall–Kier alpha value is -3.01. The molecule has 0 aromatic heterocycles. The van der Waals surface area contributed by atoms with Crippen molar-refractivity contribution >= 4 is 33.3 Å². The van der Waals surface area contributed by atoms with Crippen molar-refractivity contribution < 1.29 is 31.5 Å². The van der Waals surface area contributed by atoms with Gasteiger partial charge in [-0.25, -0.2) is 22.0 Å². The smallest absolute Gasteiger partial charge is 0.338 e. The van der Waals surface area contributed by atoms with Gasteiger partial charge in [-0.3, -0.25) is 9.10 Å². The normalized spacial score (nSPS) is 12.2. The van der Waals surface area contributed by atoms with E-state index < -0.39 is 39.6 Å². The number of carbonyl (C=O) groups excluding carboxylic acids is 2. The fourth-order valence-corrected chi connectivity index (χ4v) is 3.78. The molecule has 0 aliphatic heterocycles. The molecule has 0 spiro atoms. The summed E-state index contributed by atoms with van der Waals surface area (Å²) in [5.41, 5.74) is 0.248. The maximum Gasteiger partial charge on any atom is 0.338 e. The van der Waals surface area contributed by atoms with Crippen LogP contribution in [0.1, 0.15) is 24.2 Å². The fourth-order valence-electron chi connectivity index (χ4n) is 2.62. The molecule has 2 aromatic rings. The van der Waals surface area contributed by atoms with Crippen LogP contribution >= 0.6 is 0 Å². The Morgan fingerprint density at radius 1 is 1.14 bits per heavy atom. The molecule has 1 amide bonds. The van der Waals surface area contributed by atoms with Crippen molar-refractivity contribution in [2.45, 2.75) is 19.9 Å². The molecule has 2 aromatic carbocycles. The summed E-state index contributed by atoms with van der Waals surface area (Å²) in [7, 11) is -4.00. The average Bonchev–Trinajstić information content (AvgIpc) is 2.64. The highest BCUT2D eigenvalue weighted by molar-refractivity contribution is 7.92. The summed E-state index contributed by atoms with van der Waals surface area (Å²) in [6, 6.07) is 7.15. The summed E-state index contributed by atoms with van der Waals surface area (Å²) in [5.74, 6) is -3.70. The van der Waals surface area contributed by atoms with Crippen LogP contribution in [-0.4, -0.2) is 39.2 Å². The Kier molecular flexibility index (Phi) is 6.91. The molecule has 10 heteroatoms. The van der Waals surface area contributed by atoms with E-state index in [1.165, 1.54) is 31.2 Å². The lowest BCUT2D eigenvalue weighted by atomic mass is 10.2. The van der Waals surface area contributed by atoms with Crippen molar-refractivity contribution in [2.75, 3.05) is 22.5 Å². The summed E-state index contributed by atoms with van der Waals surface area (Å²) < 4.78 is 56.8. The minimum absolute atomic E-state index is 0.185. The molecule has 156 valence electrons. The van der Waals surface area contributed by atoms with Crippen molar-refractivity contribution in [3.05, 3.63) is 59.7 Å². The molecular formula is C19H20F2N2O5S. The second kappa shape index (κ2) is 8.99. The quantitative estimate of drug-likeness (QED) is 0.688. The number of benzene rings is 2. The number of carbonyl (C=O) groups is 2. The minimum atomic E-state index is -4.00. The van der Waals surface area contributed by atoms with Crippen LogP contribution in [0.4, 0.5) is 20.2 Å². The van der Waals surface area contributed by atoms with Crippen LogP contribution < -0.4 is 9.62 Å². The van der Waals surface area contributed by atoms with Gasteiger partial charge in [0, 0.05) is 11.8 Å². The van der Waals surface area contributed by atoms with E-state index in [0.29, 0.717) is 10.4 Å². The SMILES string of the molecule is CCOC(=O)c1cccc(NC(=O)C(C)N(c2ccc(F)c(F)c2)S(C)(=O)=O)c1. The van der Waals surface area contributed by atoms with Crippen molar-refractivity contribution in [3.8, 4) is 0 Å². The molecule has 1 N–H and O–H groups in total. The number of rotatable bonds is 7. The number of amides is 1. The Labute approximate surface area is 167 Å². The van der Waals surface area contributed by atoms with Gasteiger partial charge in [0.05, 0.1) is 24.1 Å². The molecule has 0 fully saturated rings. The van der Waals surface area contributed by atoms with E-state index in [-0.39, 0.29) is 23.5 Å². The minimum Gasteiger partial charge on any atom is -0.462 e. The fraction of sp³-hybridized carbons (Fsp3) is 0.263. The molecular weight excluding hydrogens is 406 g/mol. The number of hydrogen-bond donors (Lipinski definition) is 1. The van der Waals surface area contributed by atoms with Crippen LogP contribution in [0.3, 0.4) is 0 Å². The van der Waals surface area contributed by atoms with Crippen LogP contribution in [-0.2, 0) is 19.6 Å². The van der Waals surface area contributed by atoms with Gasteiger partial charge in [-0.05, 0) is 44.2 Å². The first-order chi connectivity index (χ1) is 13.5. The van der Waals surface area contributed by atoms with Crippen molar-refractivity contribution in [1.29, 1.82) is 0 Å². The second-order valence-electron chi connectivity index (χ2n) is 6.12. The Bertz CT molecular complexity index is 1030. The van der Waals surface area contributed by atoms with Gasteiger partial charge in [-0.15, -0.1) is 0 Å². The van der Waals surface area contributed by atoms with E-state index in [4.69, 9.17) is 4.74 Å². The predicted molar refractivity (Wildman–Crippen MR) is 104 cm³/mol. The highest BCUT2D eigenvalue weighted by atomic mass is 32.2. The van der Waals surface area contributed by atoms with E-state index in [1.807, 2.05) is 0 Å². The number of nitrogens with zero attached hydrogens (tertiary/aromatic N) is 1. The van der Waals surface area contributed by atoms with Gasteiger partial charge in [0.1, 0.15) is 6.04 Å². The number of nitrogens with one attached hydrogen (secondary N) is 1. The van der Waals surface area contributed by atoms with Crippen LogP contribution in [0.2, 0.25) is 0 Å². The first-order valence-corrected chi connectivity index (χ1v) is 10.4. The second-order valence-corrected chi connectivity index (χ2v) is 7.98. The van der Waals surface area contributed by atoms with Crippen LogP contribution in [0, 0.1) is 11.6 Å². The summed E-state index contributed by atoms with van der Waals surface area (Å²) in [5, 5.41) is 2.51. The Morgan fingerprint density at radius 3 is 2.41 bits per heavy atom. The Balaban J connectivity index is 2.29. The molecule has 1 atom stereocenters. The van der Waals surface area contributed by atoms with Crippen LogP contribution in [0.5, 0.6) is 0 Å². The van der Waals surface area contributed by atoms with Crippen molar-refractivity contribution in [3.63, 3.8) is 0 Å². The van der Waals surface area contributed by atoms with Gasteiger partial charge in [0.25, 0.3) is 0 Å². The number of anilines is 2. The number of esters is 1. The van der Waals surface area contributed by atoms with Crippen LogP contribution in [0.25, 0.3) is 0 Å². The van der Waals surface area contributed by atoms with E-state index >= 15 is 0 Å². The maximum atomic E-state index is 13.6. The monoisotopic (exact) mass is 426 g/mol. The lowest BCUT2D eigenvalue weighted by Gasteiger charge is -2.28. The summed E-state index contributed by atoms with van der Waals surface area (Å²) >= 11 is 0. The first-order valence-electron chi connectivity index (χ1n) is 8.57. The zero-order valence-electron chi connectivity index (χ0n) is 16.0. The van der Waals surface area contributed by atoms with Gasteiger partial charge in [0.15, 0.2) is 11.6 Å². The lowest BCUT2D eigenvalue weighted by Crippen LogP contribution is -2.45. The third kappa shape index (κ3) is 5.50. The molecule has 0 heterocycles. The van der Waals surface area contributed by atoms with E-state index in [1.54, 1.807) is 6.92 Å². The highest BCUT2D eigenvalue weighted by Crippen LogP contribution is 2.24. The number of halogens is 2. The van der Waals surface area contributed by atoms with Crippen LogP contribution in [0.15, 0.2) is 42.5 Å². The zero-order valence-corrected chi connectivity index (χ0v) is 16.8. The van der Waals surface area contributed by atoms with E-state index in [2.05, 4.69) is 5.32 Å². The largest absolute Gasteiger partial charge is 0.462 e. The predicted octanol–water partition coefficient (Wildman–Crippen LogP) is 2.93. The van der Waals surface area contributed by atoms with E-state index in [0.717, 1.165) is 18.4 Å². The Morgan fingerprint density at radius 2 is 1.83 bits per heavy atom. The number of hydrogen-bond acceptors (Lipinski definition) is 5. The number of ether oxygens (including phenoxy) is 1. The average molecular weight is 426 g/mol. The zero-order chi connectivity index (χ0) is 21.8. The van der Waals surface area contributed by atoms with Crippen molar-refractivity contribution in [1.82, 2.24) is 0 Å². The molecule has 0 saturated heterocycles. The summed E-state index contributed by atoms with van der Waals surface area (Å²) in [4.78, 5) is 24.4. The molecule has 7 nitrogen and oxygen atoms in total. The molecule has 0 aliphatic carbocycles. The van der Waals surface area contributed by atoms with Gasteiger partial charge < -0.3 is 10.1 Å². The van der Waals surface area contributed by atoms with Crippen molar-refractivity contribution in [2.24, 2.45) is 0 Å². The topological polar surface area (TPSA) is 92.8 Å². The molecule has 1 unspecified atom stereocenters. The van der Waals surface area contributed by atoms with Gasteiger partial charge in [-0.1, -0.05) is 6.07 Å². The molecule has 0 saturated carbocycles. The van der Waals surface area contributed by atoms with Gasteiger partial charge >= 0.3 is 5.97 Å². The molecule has 0 radical (unpaired) electrons. The highest BCUT2D eigenvalue weighted by Gasteiger charge is 2.30. The van der Waals surface area contributed by atoms with E-state index in [9.17, 15) is 26.8 Å². The third-order valence-corrected chi connectivity index (χ3v) is 5.13. The summed E-state index contributed by atoms with van der Waals surface area (Å²) in [6.45, 7) is 3.14. The maximum absolute atomic E-state index is 13.6. The van der Waals surface area contributed by atoms with Gasteiger partial charge in [-0.2, -0.15) is 0 Å². The third-order valence-electron chi connectivity index (χ3n) is 3.89. The number of sulfonamides is 1. The summed E-state index contributed by atoms with van der Waals surface area (Å²) in [6.07, 6.45) is 0.847.